The van der Waals surface area contributed by atoms with E-state index in [1.54, 1.807) is 0 Å². The summed E-state index contributed by atoms with van der Waals surface area (Å²) < 4.78 is 13.3. The van der Waals surface area contributed by atoms with Crippen molar-refractivity contribution in [2.45, 2.75) is 96.1 Å². The van der Waals surface area contributed by atoms with Gasteiger partial charge in [-0.05, 0) is 44.4 Å². The van der Waals surface area contributed by atoms with Crippen LogP contribution in [0, 0.1) is 5.92 Å². The van der Waals surface area contributed by atoms with Crippen LogP contribution in [0.1, 0.15) is 85.0 Å². The third kappa shape index (κ3) is 4.32. The Morgan fingerprint density at radius 1 is 0.810 bits per heavy atom. The summed E-state index contributed by atoms with van der Waals surface area (Å²) in [5.41, 5.74) is 1.52. The molecule has 0 radical (unpaired) electrons. The summed E-state index contributed by atoms with van der Waals surface area (Å²) in [6.45, 7) is 8.71. The molecule has 2 nitrogen and oxygen atoms in total. The van der Waals surface area contributed by atoms with E-state index in [1.165, 1.54) is 51.4 Å². The highest BCUT2D eigenvalue weighted by atomic mass is 28.4. The Kier molecular flexibility index (Phi) is 7.23. The lowest BCUT2D eigenvalue weighted by Gasteiger charge is -2.43. The molecule has 0 aliphatic heterocycles. The van der Waals surface area contributed by atoms with Gasteiger partial charge in [0.15, 0.2) is 0 Å². The zero-order valence-corrected chi connectivity index (χ0v) is 15.5. The Morgan fingerprint density at radius 3 is 1.90 bits per heavy atom. The van der Waals surface area contributed by atoms with Crippen LogP contribution in [0.2, 0.25) is 11.1 Å². The predicted octanol–water partition coefficient (Wildman–Crippen LogP) is 5.81. The average Bonchev–Trinajstić information content (AvgIpc) is 2.96. The maximum Gasteiger partial charge on any atom is 0.344 e. The summed E-state index contributed by atoms with van der Waals surface area (Å²) in [6, 6.07) is 0. The molecule has 3 heteroatoms. The Balaban J connectivity index is 2.17. The van der Waals surface area contributed by atoms with Gasteiger partial charge in [-0.25, -0.2) is 0 Å². The molecule has 2 aliphatic carbocycles. The van der Waals surface area contributed by atoms with Crippen LogP contribution in [0.5, 0.6) is 0 Å². The van der Waals surface area contributed by atoms with Gasteiger partial charge in [-0.1, -0.05) is 46.5 Å². The van der Waals surface area contributed by atoms with Crippen molar-refractivity contribution in [3.8, 4) is 0 Å². The first-order valence-corrected chi connectivity index (χ1v) is 11.5. The van der Waals surface area contributed by atoms with E-state index < -0.39 is 8.56 Å². The molecule has 0 aromatic rings. The molecule has 2 aliphatic rings. The Morgan fingerprint density at radius 2 is 1.43 bits per heavy atom. The molecule has 0 bridgehead atoms. The molecule has 2 saturated carbocycles. The molecule has 2 unspecified atom stereocenters. The summed E-state index contributed by atoms with van der Waals surface area (Å²) in [5.74, 6) is 0.876. The van der Waals surface area contributed by atoms with Gasteiger partial charge in [-0.15, -0.1) is 0 Å². The van der Waals surface area contributed by atoms with Crippen molar-refractivity contribution in [2.24, 2.45) is 5.92 Å². The summed E-state index contributed by atoms with van der Waals surface area (Å²) in [5, 5.41) is 0. The molecule has 2 atom stereocenters. The largest absolute Gasteiger partial charge is 0.394 e. The number of hydrogen-bond donors (Lipinski definition) is 0. The number of hydrogen-bond acceptors (Lipinski definition) is 2. The minimum Gasteiger partial charge on any atom is -0.394 e. The second-order valence-electron chi connectivity index (χ2n) is 7.37. The third-order valence-corrected chi connectivity index (χ3v) is 10.2. The van der Waals surface area contributed by atoms with E-state index in [2.05, 4.69) is 20.8 Å². The summed E-state index contributed by atoms with van der Waals surface area (Å²) in [4.78, 5) is 0. The first-order chi connectivity index (χ1) is 10.2. The second kappa shape index (κ2) is 8.69. The lowest BCUT2D eigenvalue weighted by Crippen LogP contribution is -2.51. The fourth-order valence-corrected chi connectivity index (χ4v) is 9.70. The standard InChI is InChI=1S/C18H36O2Si/c1-4-13-19-21(20-14-5-2,17-9-7-6-8-10-17)18-12-11-16(3)15-18/h16-18H,4-15H2,1-3H3. The average molecular weight is 313 g/mol. The molecule has 0 saturated heterocycles. The van der Waals surface area contributed by atoms with Crippen molar-refractivity contribution in [1.29, 1.82) is 0 Å². The van der Waals surface area contributed by atoms with Gasteiger partial charge in [0.2, 0.25) is 0 Å². The molecule has 124 valence electrons. The predicted molar refractivity (Wildman–Crippen MR) is 91.8 cm³/mol. The fourth-order valence-electron chi connectivity index (χ4n) is 4.45. The van der Waals surface area contributed by atoms with Crippen molar-refractivity contribution in [1.82, 2.24) is 0 Å². The topological polar surface area (TPSA) is 18.5 Å². The van der Waals surface area contributed by atoms with E-state index in [0.717, 1.165) is 43.1 Å². The monoisotopic (exact) mass is 312 g/mol. The highest BCUT2D eigenvalue weighted by Gasteiger charge is 2.53. The minimum atomic E-state index is -2.05. The Hall–Kier alpha value is 0.137. The van der Waals surface area contributed by atoms with E-state index in [4.69, 9.17) is 8.85 Å². The Labute approximate surface area is 133 Å². The van der Waals surface area contributed by atoms with Crippen molar-refractivity contribution >= 4 is 8.56 Å². The molecular formula is C18H36O2Si. The molecule has 0 aromatic carbocycles. The zero-order chi connectivity index (χ0) is 15.1. The molecule has 2 rings (SSSR count). The van der Waals surface area contributed by atoms with E-state index in [1.807, 2.05) is 0 Å². The first-order valence-electron chi connectivity index (χ1n) is 9.50. The van der Waals surface area contributed by atoms with Crippen LogP contribution in [0.4, 0.5) is 0 Å². The van der Waals surface area contributed by atoms with Crippen LogP contribution >= 0.6 is 0 Å². The lowest BCUT2D eigenvalue weighted by molar-refractivity contribution is 0.140. The SMILES string of the molecule is CCCO[Si](OCCC)(C1CCCCC1)C1CCC(C)C1. The maximum absolute atomic E-state index is 6.67. The van der Waals surface area contributed by atoms with Crippen LogP contribution < -0.4 is 0 Å². The van der Waals surface area contributed by atoms with E-state index in [9.17, 15) is 0 Å². The summed E-state index contributed by atoms with van der Waals surface area (Å²) in [7, 11) is -2.05. The van der Waals surface area contributed by atoms with E-state index >= 15 is 0 Å². The van der Waals surface area contributed by atoms with E-state index in [0.29, 0.717) is 0 Å². The molecule has 0 amide bonds. The summed E-state index contributed by atoms with van der Waals surface area (Å²) in [6.07, 6.45) is 13.3. The molecule has 0 N–H and O–H groups in total. The van der Waals surface area contributed by atoms with Gasteiger partial charge >= 0.3 is 8.56 Å². The third-order valence-electron chi connectivity index (χ3n) is 5.50. The number of rotatable bonds is 8. The zero-order valence-electron chi connectivity index (χ0n) is 14.5. The van der Waals surface area contributed by atoms with Crippen molar-refractivity contribution in [2.75, 3.05) is 13.2 Å². The molecule has 0 aromatic heterocycles. The summed E-state index contributed by atoms with van der Waals surface area (Å²) >= 11 is 0. The lowest BCUT2D eigenvalue weighted by atomic mass is 10.0. The minimum absolute atomic E-state index is 0.758. The quantitative estimate of drug-likeness (QED) is 0.527. The fraction of sp³-hybridized carbons (Fsp3) is 1.00. The molecule has 0 spiro atoms. The smallest absolute Gasteiger partial charge is 0.344 e. The van der Waals surface area contributed by atoms with Crippen molar-refractivity contribution in [3.05, 3.63) is 0 Å². The molecule has 0 heterocycles. The van der Waals surface area contributed by atoms with Gasteiger partial charge < -0.3 is 8.85 Å². The van der Waals surface area contributed by atoms with Gasteiger partial charge in [0.1, 0.15) is 0 Å². The van der Waals surface area contributed by atoms with E-state index in [-0.39, 0.29) is 0 Å². The van der Waals surface area contributed by atoms with Gasteiger partial charge in [-0.3, -0.25) is 0 Å². The van der Waals surface area contributed by atoms with Crippen LogP contribution in [-0.2, 0) is 8.85 Å². The molecular weight excluding hydrogens is 276 g/mol. The highest BCUT2D eigenvalue weighted by Crippen LogP contribution is 2.51. The molecule has 2 fully saturated rings. The Bertz CT molecular complexity index is 274. The van der Waals surface area contributed by atoms with Crippen LogP contribution in [-0.4, -0.2) is 21.8 Å². The van der Waals surface area contributed by atoms with Crippen LogP contribution in [0.3, 0.4) is 0 Å². The van der Waals surface area contributed by atoms with Crippen molar-refractivity contribution < 1.29 is 8.85 Å². The maximum atomic E-state index is 6.67. The van der Waals surface area contributed by atoms with Gasteiger partial charge in [0, 0.05) is 24.3 Å². The van der Waals surface area contributed by atoms with Crippen LogP contribution in [0.15, 0.2) is 0 Å². The van der Waals surface area contributed by atoms with Crippen LogP contribution in [0.25, 0.3) is 0 Å². The van der Waals surface area contributed by atoms with Gasteiger partial charge in [-0.2, -0.15) is 0 Å². The molecule has 21 heavy (non-hydrogen) atoms. The first kappa shape index (κ1) is 17.5. The normalized spacial score (nSPS) is 28.1. The highest BCUT2D eigenvalue weighted by molar-refractivity contribution is 6.70. The van der Waals surface area contributed by atoms with Gasteiger partial charge in [0.25, 0.3) is 0 Å². The van der Waals surface area contributed by atoms with Gasteiger partial charge in [0.05, 0.1) is 0 Å². The van der Waals surface area contributed by atoms with Crippen molar-refractivity contribution in [3.63, 3.8) is 0 Å². The second-order valence-corrected chi connectivity index (χ2v) is 11.0.